The molecule has 0 aromatic heterocycles. The zero-order valence-electron chi connectivity index (χ0n) is 9.23. The normalized spacial score (nSPS) is 16.8. The number of hydrogen-bond donors (Lipinski definition) is 0. The first kappa shape index (κ1) is 11.6. The van der Waals surface area contributed by atoms with Crippen molar-refractivity contribution in [1.29, 1.82) is 0 Å². The van der Waals surface area contributed by atoms with Crippen LogP contribution in [-0.2, 0) is 14.3 Å². The minimum atomic E-state index is -0.567. The quantitative estimate of drug-likeness (QED) is 0.582. The van der Waals surface area contributed by atoms with Crippen molar-refractivity contribution >= 4 is 11.9 Å². The van der Waals surface area contributed by atoms with Crippen molar-refractivity contribution in [2.24, 2.45) is 0 Å². The van der Waals surface area contributed by atoms with Crippen LogP contribution in [0.4, 0.5) is 4.39 Å². The Labute approximate surface area is 97.3 Å². The van der Waals surface area contributed by atoms with Gasteiger partial charge in [0.15, 0.2) is 11.6 Å². The van der Waals surface area contributed by atoms with Crippen molar-refractivity contribution in [2.45, 2.75) is 18.8 Å². The number of methoxy groups -OCH3 is 1. The van der Waals surface area contributed by atoms with E-state index in [2.05, 4.69) is 4.74 Å². The van der Waals surface area contributed by atoms with E-state index in [1.165, 1.54) is 19.2 Å². The average molecular weight is 238 g/mol. The van der Waals surface area contributed by atoms with Crippen molar-refractivity contribution in [1.82, 2.24) is 0 Å². The second-order valence-corrected chi connectivity index (χ2v) is 3.85. The summed E-state index contributed by atoms with van der Waals surface area (Å²) in [5.41, 5.74) is 0.605. The lowest BCUT2D eigenvalue weighted by atomic mass is 9.91. The predicted molar refractivity (Wildman–Crippen MR) is 56.0 cm³/mol. The van der Waals surface area contributed by atoms with Crippen LogP contribution in [0.15, 0.2) is 18.2 Å². The number of ether oxygens (including phenoxy) is 2. The van der Waals surface area contributed by atoms with E-state index in [1.54, 1.807) is 6.07 Å². The molecule has 1 aliphatic rings. The highest BCUT2D eigenvalue weighted by Gasteiger charge is 2.28. The van der Waals surface area contributed by atoms with E-state index in [4.69, 9.17) is 4.74 Å². The molecule has 1 saturated heterocycles. The number of carbonyl (C=O) groups excluding carboxylic acids is 2. The van der Waals surface area contributed by atoms with E-state index < -0.39 is 17.8 Å². The summed E-state index contributed by atoms with van der Waals surface area (Å²) in [6.07, 6.45) is 0.190. The molecule has 0 N–H and O–H groups in total. The fraction of sp³-hybridized carbons (Fsp3) is 0.333. The van der Waals surface area contributed by atoms with Crippen LogP contribution in [0.3, 0.4) is 0 Å². The third-order valence-electron chi connectivity index (χ3n) is 2.70. The smallest absolute Gasteiger partial charge is 0.314 e. The van der Waals surface area contributed by atoms with Crippen LogP contribution < -0.4 is 4.74 Å². The van der Waals surface area contributed by atoms with E-state index in [0.29, 0.717) is 5.56 Å². The van der Waals surface area contributed by atoms with Gasteiger partial charge in [0.25, 0.3) is 0 Å². The summed E-state index contributed by atoms with van der Waals surface area (Å²) in [5, 5.41) is 0. The molecule has 0 radical (unpaired) electrons. The molecule has 1 heterocycles. The second kappa shape index (κ2) is 4.53. The Balaban J connectivity index is 2.25. The molecule has 90 valence electrons. The van der Waals surface area contributed by atoms with Gasteiger partial charge < -0.3 is 9.47 Å². The Kier molecular flexibility index (Phi) is 3.08. The Bertz CT molecular complexity index is 454. The van der Waals surface area contributed by atoms with Crippen LogP contribution in [0.1, 0.15) is 24.3 Å². The summed E-state index contributed by atoms with van der Waals surface area (Å²) in [5.74, 6) is -1.82. The minimum Gasteiger partial charge on any atom is -0.494 e. The summed E-state index contributed by atoms with van der Waals surface area (Å²) >= 11 is 0. The fourth-order valence-corrected chi connectivity index (χ4v) is 1.86. The molecule has 1 aromatic carbocycles. The van der Waals surface area contributed by atoms with E-state index >= 15 is 0 Å². The predicted octanol–water partition coefficient (Wildman–Crippen LogP) is 1.78. The van der Waals surface area contributed by atoms with Crippen molar-refractivity contribution in [3.63, 3.8) is 0 Å². The van der Waals surface area contributed by atoms with Crippen LogP contribution in [0, 0.1) is 5.82 Å². The summed E-state index contributed by atoms with van der Waals surface area (Å²) < 4.78 is 22.7. The van der Waals surface area contributed by atoms with Gasteiger partial charge in [-0.25, -0.2) is 4.39 Å². The summed E-state index contributed by atoms with van der Waals surface area (Å²) in [6, 6.07) is 4.42. The lowest BCUT2D eigenvalue weighted by Crippen LogP contribution is -2.24. The molecule has 0 bridgehead atoms. The maximum atomic E-state index is 13.5. The number of benzene rings is 1. The van der Waals surface area contributed by atoms with Crippen molar-refractivity contribution < 1.29 is 23.5 Å². The van der Waals surface area contributed by atoms with E-state index in [1.807, 2.05) is 0 Å². The molecule has 1 aromatic rings. The SMILES string of the molecule is COc1ccc(C2CC(=O)OC(=O)C2)cc1F. The molecule has 5 heteroatoms. The monoisotopic (exact) mass is 238 g/mol. The van der Waals surface area contributed by atoms with E-state index in [0.717, 1.165) is 0 Å². The number of carbonyl (C=O) groups is 2. The fourth-order valence-electron chi connectivity index (χ4n) is 1.86. The number of cyclic esters (lactones) is 2. The van der Waals surface area contributed by atoms with Crippen molar-refractivity contribution in [2.75, 3.05) is 7.11 Å². The first-order valence-electron chi connectivity index (χ1n) is 5.17. The molecule has 4 nitrogen and oxygen atoms in total. The molecule has 1 fully saturated rings. The molecule has 1 aliphatic heterocycles. The molecule has 0 spiro atoms. The number of rotatable bonds is 2. The summed E-state index contributed by atoms with van der Waals surface area (Å²) in [6.45, 7) is 0. The molecule has 0 saturated carbocycles. The van der Waals surface area contributed by atoms with Crippen molar-refractivity contribution in [3.8, 4) is 5.75 Å². The first-order chi connectivity index (χ1) is 8.10. The maximum Gasteiger partial charge on any atom is 0.314 e. The lowest BCUT2D eigenvalue weighted by Gasteiger charge is -2.20. The molecular weight excluding hydrogens is 227 g/mol. The highest BCUT2D eigenvalue weighted by atomic mass is 19.1. The van der Waals surface area contributed by atoms with Gasteiger partial charge in [0.1, 0.15) is 0 Å². The van der Waals surface area contributed by atoms with Gasteiger partial charge >= 0.3 is 11.9 Å². The minimum absolute atomic E-state index is 0.0948. The van der Waals surface area contributed by atoms with Crippen LogP contribution in [0.5, 0.6) is 5.75 Å². The Morgan fingerprint density at radius 1 is 1.29 bits per heavy atom. The summed E-state index contributed by atoms with van der Waals surface area (Å²) in [7, 11) is 1.37. The third-order valence-corrected chi connectivity index (χ3v) is 2.70. The maximum absolute atomic E-state index is 13.5. The highest BCUT2D eigenvalue weighted by Crippen LogP contribution is 2.30. The van der Waals surface area contributed by atoms with Gasteiger partial charge in [-0.1, -0.05) is 6.07 Å². The van der Waals surface area contributed by atoms with Crippen molar-refractivity contribution in [3.05, 3.63) is 29.6 Å². The average Bonchev–Trinajstić information content (AvgIpc) is 2.27. The third kappa shape index (κ3) is 2.43. The van der Waals surface area contributed by atoms with Gasteiger partial charge in [0, 0.05) is 5.92 Å². The Morgan fingerprint density at radius 2 is 1.94 bits per heavy atom. The van der Waals surface area contributed by atoms with Gasteiger partial charge in [-0.3, -0.25) is 9.59 Å². The largest absolute Gasteiger partial charge is 0.494 e. The van der Waals surface area contributed by atoms with E-state index in [9.17, 15) is 14.0 Å². The van der Waals surface area contributed by atoms with E-state index in [-0.39, 0.29) is 24.5 Å². The Morgan fingerprint density at radius 3 is 2.47 bits per heavy atom. The molecule has 17 heavy (non-hydrogen) atoms. The Hall–Kier alpha value is -1.91. The van der Waals surface area contributed by atoms with Gasteiger partial charge in [0.2, 0.25) is 0 Å². The van der Waals surface area contributed by atoms with Gasteiger partial charge in [0.05, 0.1) is 20.0 Å². The molecule has 2 rings (SSSR count). The van der Waals surface area contributed by atoms with Gasteiger partial charge in [-0.2, -0.15) is 0 Å². The van der Waals surface area contributed by atoms with Crippen LogP contribution in [0.2, 0.25) is 0 Å². The second-order valence-electron chi connectivity index (χ2n) is 3.85. The lowest BCUT2D eigenvalue weighted by molar-refractivity contribution is -0.163. The molecule has 0 amide bonds. The summed E-state index contributed by atoms with van der Waals surface area (Å²) in [4.78, 5) is 22.2. The van der Waals surface area contributed by atoms with Crippen LogP contribution >= 0.6 is 0 Å². The van der Waals surface area contributed by atoms with Gasteiger partial charge in [-0.15, -0.1) is 0 Å². The topological polar surface area (TPSA) is 52.6 Å². The molecule has 0 unspecified atom stereocenters. The molecular formula is C12H11FO4. The van der Waals surface area contributed by atoms with Gasteiger partial charge in [-0.05, 0) is 17.7 Å². The molecule has 0 aliphatic carbocycles. The first-order valence-corrected chi connectivity index (χ1v) is 5.17. The zero-order chi connectivity index (χ0) is 12.4. The highest BCUT2D eigenvalue weighted by molar-refractivity contribution is 5.89. The number of esters is 2. The zero-order valence-corrected chi connectivity index (χ0v) is 9.23. The van der Waals surface area contributed by atoms with Crippen LogP contribution in [-0.4, -0.2) is 19.0 Å². The molecule has 0 atom stereocenters. The number of halogens is 1. The van der Waals surface area contributed by atoms with Crippen LogP contribution in [0.25, 0.3) is 0 Å². The standard InChI is InChI=1S/C12H11FO4/c1-16-10-3-2-7(4-9(10)13)8-5-11(14)17-12(15)6-8/h2-4,8H,5-6H2,1H3. The number of hydrogen-bond acceptors (Lipinski definition) is 4.